The number of carbonyl (C=O) groups is 2. The van der Waals surface area contributed by atoms with E-state index in [0.29, 0.717) is 11.3 Å². The predicted molar refractivity (Wildman–Crippen MR) is 109 cm³/mol. The maximum absolute atomic E-state index is 11.4. The Morgan fingerprint density at radius 1 is 0.929 bits per heavy atom. The molecule has 0 fully saturated rings. The number of hydrogen-bond donors (Lipinski definition) is 1. The zero-order valence-electron chi connectivity index (χ0n) is 16.6. The molecule has 0 amide bonds. The van der Waals surface area contributed by atoms with E-state index >= 15 is 0 Å². The summed E-state index contributed by atoms with van der Waals surface area (Å²) < 4.78 is 9.49. The average molecular weight is 384 g/mol. The molecule has 0 aromatic heterocycles. The van der Waals surface area contributed by atoms with Crippen molar-refractivity contribution in [3.8, 4) is 16.9 Å². The highest BCUT2D eigenvalue weighted by Crippen LogP contribution is 2.28. The smallest absolute Gasteiger partial charge is 0.478 e. The maximum Gasteiger partial charge on any atom is 0.513 e. The number of unbranched alkanes of at least 4 members (excludes halogenated alkanes) is 5. The Hall–Kier alpha value is -2.82. The van der Waals surface area contributed by atoms with Gasteiger partial charge < -0.3 is 14.6 Å². The van der Waals surface area contributed by atoms with E-state index in [1.165, 1.54) is 32.8 Å². The van der Waals surface area contributed by atoms with Gasteiger partial charge in [-0.05, 0) is 53.8 Å². The average Bonchev–Trinajstić information content (AvgIpc) is 2.71. The van der Waals surface area contributed by atoms with Crippen LogP contribution in [-0.4, -0.2) is 24.3 Å². The van der Waals surface area contributed by atoms with Crippen molar-refractivity contribution >= 4 is 12.1 Å². The summed E-state index contributed by atoms with van der Waals surface area (Å²) in [6.45, 7) is 2.20. The van der Waals surface area contributed by atoms with Gasteiger partial charge in [0.05, 0.1) is 12.7 Å². The molecular weight excluding hydrogens is 356 g/mol. The summed E-state index contributed by atoms with van der Waals surface area (Å²) in [6, 6.07) is 12.4. The van der Waals surface area contributed by atoms with Crippen molar-refractivity contribution < 1.29 is 24.2 Å². The second-order valence-electron chi connectivity index (χ2n) is 6.78. The SMILES string of the molecule is CCCCCCCCc1cc(C(=O)O)ccc1-c1ccc(OC(=O)OC)cc1. The Kier molecular flexibility index (Phi) is 8.53. The molecule has 2 rings (SSSR count). The monoisotopic (exact) mass is 384 g/mol. The molecule has 0 aliphatic rings. The highest BCUT2D eigenvalue weighted by Gasteiger charge is 2.11. The number of carboxylic acids is 1. The van der Waals surface area contributed by atoms with Crippen molar-refractivity contribution in [1.29, 1.82) is 0 Å². The number of hydrogen-bond acceptors (Lipinski definition) is 4. The van der Waals surface area contributed by atoms with Gasteiger partial charge in [0.15, 0.2) is 0 Å². The summed E-state index contributed by atoms with van der Waals surface area (Å²) in [4.78, 5) is 22.6. The van der Waals surface area contributed by atoms with Gasteiger partial charge in [-0.1, -0.05) is 57.2 Å². The molecule has 0 aliphatic heterocycles. The fourth-order valence-corrected chi connectivity index (χ4v) is 3.15. The van der Waals surface area contributed by atoms with E-state index in [0.717, 1.165) is 36.0 Å². The van der Waals surface area contributed by atoms with Crippen molar-refractivity contribution in [3.05, 3.63) is 53.6 Å². The molecule has 2 aromatic rings. The summed E-state index contributed by atoms with van der Waals surface area (Å²) >= 11 is 0. The first kappa shape index (κ1) is 21.5. The summed E-state index contributed by atoms with van der Waals surface area (Å²) in [5, 5.41) is 9.32. The van der Waals surface area contributed by atoms with Crippen LogP contribution >= 0.6 is 0 Å². The zero-order chi connectivity index (χ0) is 20.4. The second kappa shape index (κ2) is 11.1. The first-order chi connectivity index (χ1) is 13.5. The molecule has 0 spiro atoms. The van der Waals surface area contributed by atoms with Crippen LogP contribution in [0, 0.1) is 0 Å². The van der Waals surface area contributed by atoms with Crippen LogP contribution in [0.25, 0.3) is 11.1 Å². The molecule has 0 atom stereocenters. The number of benzene rings is 2. The van der Waals surface area contributed by atoms with Crippen LogP contribution in [0.2, 0.25) is 0 Å². The van der Waals surface area contributed by atoms with Crippen LogP contribution in [0.4, 0.5) is 4.79 Å². The Bertz CT molecular complexity index is 780. The predicted octanol–water partition coefficient (Wildman–Crippen LogP) is 6.10. The third-order valence-electron chi connectivity index (χ3n) is 4.69. The lowest BCUT2D eigenvalue weighted by atomic mass is 9.93. The van der Waals surface area contributed by atoms with Crippen molar-refractivity contribution in [2.24, 2.45) is 0 Å². The maximum atomic E-state index is 11.4. The lowest BCUT2D eigenvalue weighted by Gasteiger charge is -2.12. The topological polar surface area (TPSA) is 72.8 Å². The Morgan fingerprint density at radius 2 is 1.61 bits per heavy atom. The summed E-state index contributed by atoms with van der Waals surface area (Å²) in [6.07, 6.45) is 7.19. The van der Waals surface area contributed by atoms with Crippen molar-refractivity contribution in [2.75, 3.05) is 7.11 Å². The first-order valence-corrected chi connectivity index (χ1v) is 9.77. The highest BCUT2D eigenvalue weighted by molar-refractivity contribution is 5.89. The molecule has 1 N–H and O–H groups in total. The molecule has 0 unspecified atom stereocenters. The summed E-state index contributed by atoms with van der Waals surface area (Å²) in [5.74, 6) is -0.521. The van der Waals surface area contributed by atoms with Gasteiger partial charge in [0.1, 0.15) is 5.75 Å². The standard InChI is InChI=1S/C23H28O5/c1-3-4-5-6-7-8-9-18-16-19(22(24)25)12-15-21(18)17-10-13-20(14-11-17)28-23(26)27-2/h10-16H,3-9H2,1-2H3,(H,24,25). The Balaban J connectivity index is 2.15. The summed E-state index contributed by atoms with van der Waals surface area (Å²) in [7, 11) is 1.26. The lowest BCUT2D eigenvalue weighted by Crippen LogP contribution is -2.07. The third kappa shape index (κ3) is 6.41. The van der Waals surface area contributed by atoms with Gasteiger partial charge in [0.25, 0.3) is 0 Å². The number of aromatic carboxylic acids is 1. The van der Waals surface area contributed by atoms with E-state index < -0.39 is 12.1 Å². The van der Waals surface area contributed by atoms with Crippen molar-refractivity contribution in [2.45, 2.75) is 51.9 Å². The van der Waals surface area contributed by atoms with Gasteiger partial charge >= 0.3 is 12.1 Å². The fraction of sp³-hybridized carbons (Fsp3) is 0.391. The van der Waals surface area contributed by atoms with Gasteiger partial charge in [-0.2, -0.15) is 0 Å². The van der Waals surface area contributed by atoms with Gasteiger partial charge in [-0.25, -0.2) is 9.59 Å². The molecule has 2 aromatic carbocycles. The molecule has 5 heteroatoms. The van der Waals surface area contributed by atoms with E-state index in [2.05, 4.69) is 11.7 Å². The van der Waals surface area contributed by atoms with Gasteiger partial charge in [-0.15, -0.1) is 0 Å². The molecule has 150 valence electrons. The van der Waals surface area contributed by atoms with Crippen molar-refractivity contribution in [1.82, 2.24) is 0 Å². The molecule has 0 saturated heterocycles. The Labute approximate surface area is 166 Å². The number of ether oxygens (including phenoxy) is 2. The van der Waals surface area contributed by atoms with E-state index in [4.69, 9.17) is 4.74 Å². The fourth-order valence-electron chi connectivity index (χ4n) is 3.15. The minimum atomic E-state index is -0.919. The number of carboxylic acid groups (broad SMARTS) is 1. The van der Waals surface area contributed by atoms with Crippen LogP contribution in [0.15, 0.2) is 42.5 Å². The minimum absolute atomic E-state index is 0.301. The normalized spacial score (nSPS) is 10.5. The lowest BCUT2D eigenvalue weighted by molar-refractivity contribution is 0.0696. The number of rotatable bonds is 10. The quantitative estimate of drug-likeness (QED) is 0.304. The van der Waals surface area contributed by atoms with Gasteiger partial charge in [-0.3, -0.25) is 0 Å². The molecule has 0 heterocycles. The van der Waals surface area contributed by atoms with E-state index in [1.54, 1.807) is 24.3 Å². The largest absolute Gasteiger partial charge is 0.513 e. The third-order valence-corrected chi connectivity index (χ3v) is 4.69. The molecule has 0 radical (unpaired) electrons. The van der Waals surface area contributed by atoms with E-state index in [9.17, 15) is 14.7 Å². The van der Waals surface area contributed by atoms with E-state index in [-0.39, 0.29) is 0 Å². The van der Waals surface area contributed by atoms with E-state index in [1.807, 2.05) is 18.2 Å². The van der Waals surface area contributed by atoms with Crippen LogP contribution < -0.4 is 4.74 Å². The van der Waals surface area contributed by atoms with Crippen LogP contribution in [0.1, 0.15) is 61.4 Å². The molecule has 0 aliphatic carbocycles. The molecule has 0 saturated carbocycles. The van der Waals surface area contributed by atoms with Crippen molar-refractivity contribution in [3.63, 3.8) is 0 Å². The molecule has 5 nitrogen and oxygen atoms in total. The second-order valence-corrected chi connectivity index (χ2v) is 6.78. The highest BCUT2D eigenvalue weighted by atomic mass is 16.7. The molecule has 28 heavy (non-hydrogen) atoms. The first-order valence-electron chi connectivity index (χ1n) is 9.77. The Morgan fingerprint density at radius 3 is 2.25 bits per heavy atom. The number of methoxy groups -OCH3 is 1. The van der Waals surface area contributed by atoms with Crippen LogP contribution in [0.3, 0.4) is 0 Å². The number of carbonyl (C=O) groups excluding carboxylic acids is 1. The molecular formula is C23H28O5. The van der Waals surface area contributed by atoms with Gasteiger partial charge in [0, 0.05) is 0 Å². The zero-order valence-corrected chi connectivity index (χ0v) is 16.6. The van der Waals surface area contributed by atoms with Crippen LogP contribution in [-0.2, 0) is 11.2 Å². The number of aryl methyl sites for hydroxylation is 1. The van der Waals surface area contributed by atoms with Crippen LogP contribution in [0.5, 0.6) is 5.75 Å². The summed E-state index contributed by atoms with van der Waals surface area (Å²) in [5.41, 5.74) is 3.28. The minimum Gasteiger partial charge on any atom is -0.478 e. The van der Waals surface area contributed by atoms with Gasteiger partial charge in [0.2, 0.25) is 0 Å². The molecule has 0 bridgehead atoms.